The summed E-state index contributed by atoms with van der Waals surface area (Å²) in [6, 6.07) is 6.59. The monoisotopic (exact) mass is 272 g/mol. The minimum atomic E-state index is 0.0281. The zero-order chi connectivity index (χ0) is 14.6. The predicted octanol–water partition coefficient (Wildman–Crippen LogP) is 4.51. The van der Waals surface area contributed by atoms with Crippen molar-refractivity contribution in [2.45, 2.75) is 52.6 Å². The predicted molar refractivity (Wildman–Crippen MR) is 82.4 cm³/mol. The second-order valence-corrected chi connectivity index (χ2v) is 6.81. The van der Waals surface area contributed by atoms with E-state index in [0.29, 0.717) is 5.41 Å². The first kappa shape index (κ1) is 14.9. The molecule has 108 valence electrons. The van der Waals surface area contributed by atoms with Crippen LogP contribution in [0.4, 0.5) is 0 Å². The first-order valence-electron chi connectivity index (χ1n) is 7.36. The standard InChI is InChI=1S/C16H24N4/c1-16(2,3)11-18-10-12-7-8-14-13(9-12)5-4-6-15(14)19-20-17/h7-9,15,18H,4-6,10-11H2,1-3H3/t15-/m1/s1. The highest BCUT2D eigenvalue weighted by atomic mass is 15.1. The van der Waals surface area contributed by atoms with Crippen molar-refractivity contribution in [3.05, 3.63) is 45.3 Å². The Balaban J connectivity index is 2.06. The average molecular weight is 272 g/mol. The molecule has 0 bridgehead atoms. The van der Waals surface area contributed by atoms with Crippen molar-refractivity contribution in [3.63, 3.8) is 0 Å². The number of nitrogens with one attached hydrogen (secondary N) is 1. The van der Waals surface area contributed by atoms with Crippen LogP contribution >= 0.6 is 0 Å². The minimum absolute atomic E-state index is 0.0281. The number of aryl methyl sites for hydroxylation is 1. The van der Waals surface area contributed by atoms with Crippen LogP contribution in [0.25, 0.3) is 10.4 Å². The van der Waals surface area contributed by atoms with Crippen LogP contribution in [0.15, 0.2) is 23.3 Å². The van der Waals surface area contributed by atoms with Gasteiger partial charge in [-0.05, 0) is 46.9 Å². The average Bonchev–Trinajstić information content (AvgIpc) is 2.37. The number of azide groups is 1. The van der Waals surface area contributed by atoms with Gasteiger partial charge in [0.2, 0.25) is 0 Å². The summed E-state index contributed by atoms with van der Waals surface area (Å²) < 4.78 is 0. The highest BCUT2D eigenvalue weighted by Crippen LogP contribution is 2.33. The Kier molecular flexibility index (Phi) is 4.69. The van der Waals surface area contributed by atoms with Gasteiger partial charge in [-0.2, -0.15) is 0 Å². The van der Waals surface area contributed by atoms with Gasteiger partial charge >= 0.3 is 0 Å². The molecule has 0 unspecified atom stereocenters. The normalized spacial score (nSPS) is 18.2. The number of fused-ring (bicyclic) bond motifs is 1. The summed E-state index contributed by atoms with van der Waals surface area (Å²) in [6.07, 6.45) is 3.17. The molecule has 1 atom stereocenters. The molecule has 0 saturated heterocycles. The molecule has 0 radical (unpaired) electrons. The van der Waals surface area contributed by atoms with Gasteiger partial charge in [0.15, 0.2) is 0 Å². The number of rotatable bonds is 4. The summed E-state index contributed by atoms with van der Waals surface area (Å²) >= 11 is 0. The molecule has 0 fully saturated rings. The molecule has 0 aliphatic heterocycles. The molecular formula is C16H24N4. The van der Waals surface area contributed by atoms with Gasteiger partial charge in [0.05, 0.1) is 6.04 Å². The third-order valence-corrected chi connectivity index (χ3v) is 3.67. The third kappa shape index (κ3) is 3.99. The van der Waals surface area contributed by atoms with Gasteiger partial charge in [-0.3, -0.25) is 0 Å². The zero-order valence-electron chi connectivity index (χ0n) is 12.7. The molecule has 1 aliphatic rings. The van der Waals surface area contributed by atoms with E-state index in [1.165, 1.54) is 16.7 Å². The Labute approximate surface area is 121 Å². The number of benzene rings is 1. The quantitative estimate of drug-likeness (QED) is 0.489. The van der Waals surface area contributed by atoms with Gasteiger partial charge in [0, 0.05) is 18.0 Å². The van der Waals surface area contributed by atoms with Crippen molar-refractivity contribution >= 4 is 0 Å². The van der Waals surface area contributed by atoms with E-state index in [2.05, 4.69) is 54.3 Å². The van der Waals surface area contributed by atoms with Crippen molar-refractivity contribution in [2.24, 2.45) is 10.5 Å². The van der Waals surface area contributed by atoms with Gasteiger partial charge < -0.3 is 5.32 Å². The Bertz CT molecular complexity index is 510. The molecule has 0 amide bonds. The van der Waals surface area contributed by atoms with Crippen LogP contribution in [0, 0.1) is 5.41 Å². The van der Waals surface area contributed by atoms with E-state index < -0.39 is 0 Å². The van der Waals surface area contributed by atoms with Crippen LogP contribution in [-0.2, 0) is 13.0 Å². The molecular weight excluding hydrogens is 248 g/mol. The highest BCUT2D eigenvalue weighted by Gasteiger charge is 2.19. The van der Waals surface area contributed by atoms with E-state index in [1.54, 1.807) is 0 Å². The Hall–Kier alpha value is -1.51. The number of hydrogen-bond donors (Lipinski definition) is 1. The molecule has 1 N–H and O–H groups in total. The van der Waals surface area contributed by atoms with Crippen molar-refractivity contribution in [3.8, 4) is 0 Å². The van der Waals surface area contributed by atoms with Crippen molar-refractivity contribution < 1.29 is 0 Å². The number of nitrogens with zero attached hydrogens (tertiary/aromatic N) is 3. The largest absolute Gasteiger partial charge is 0.312 e. The van der Waals surface area contributed by atoms with Gasteiger partial charge in [-0.15, -0.1) is 0 Å². The second kappa shape index (κ2) is 6.29. The lowest BCUT2D eigenvalue weighted by Crippen LogP contribution is -2.26. The highest BCUT2D eigenvalue weighted by molar-refractivity contribution is 5.36. The van der Waals surface area contributed by atoms with Crippen molar-refractivity contribution in [2.75, 3.05) is 6.54 Å². The lowest BCUT2D eigenvalue weighted by Gasteiger charge is -2.23. The van der Waals surface area contributed by atoms with Crippen LogP contribution in [0.1, 0.15) is 56.3 Å². The summed E-state index contributed by atoms with van der Waals surface area (Å²) in [7, 11) is 0. The molecule has 20 heavy (non-hydrogen) atoms. The fraction of sp³-hybridized carbons (Fsp3) is 0.625. The molecule has 0 saturated carbocycles. The van der Waals surface area contributed by atoms with Gasteiger partial charge in [0.1, 0.15) is 0 Å². The second-order valence-electron chi connectivity index (χ2n) is 6.81. The number of hydrogen-bond acceptors (Lipinski definition) is 2. The molecule has 0 spiro atoms. The summed E-state index contributed by atoms with van der Waals surface area (Å²) in [5.41, 5.74) is 12.8. The molecule has 2 rings (SSSR count). The maximum atomic E-state index is 8.64. The Morgan fingerprint density at radius 1 is 1.40 bits per heavy atom. The van der Waals surface area contributed by atoms with Gasteiger partial charge in [-0.25, -0.2) is 0 Å². The van der Waals surface area contributed by atoms with Crippen LogP contribution in [-0.4, -0.2) is 6.54 Å². The van der Waals surface area contributed by atoms with Crippen molar-refractivity contribution in [1.82, 2.24) is 5.32 Å². The summed E-state index contributed by atoms with van der Waals surface area (Å²) in [4.78, 5) is 2.97. The summed E-state index contributed by atoms with van der Waals surface area (Å²) in [5.74, 6) is 0. The minimum Gasteiger partial charge on any atom is -0.312 e. The van der Waals surface area contributed by atoms with Gasteiger partial charge in [-0.1, -0.05) is 44.1 Å². The Morgan fingerprint density at radius 3 is 2.90 bits per heavy atom. The van der Waals surface area contributed by atoms with Crippen molar-refractivity contribution in [1.29, 1.82) is 0 Å². The SMILES string of the molecule is CC(C)(C)CNCc1ccc2c(c1)CCC[C@H]2N=[N+]=[N-]. The van der Waals surface area contributed by atoms with Crippen LogP contribution in [0.5, 0.6) is 0 Å². The van der Waals surface area contributed by atoms with E-state index in [-0.39, 0.29) is 6.04 Å². The lowest BCUT2D eigenvalue weighted by atomic mass is 9.87. The summed E-state index contributed by atoms with van der Waals surface area (Å²) in [5, 5.41) is 7.42. The smallest absolute Gasteiger partial charge is 0.0628 e. The molecule has 0 aromatic heterocycles. The first-order valence-corrected chi connectivity index (χ1v) is 7.36. The molecule has 4 nitrogen and oxygen atoms in total. The van der Waals surface area contributed by atoms with E-state index in [4.69, 9.17) is 5.53 Å². The first-order chi connectivity index (χ1) is 9.49. The molecule has 1 aliphatic carbocycles. The molecule has 1 aromatic rings. The van der Waals surface area contributed by atoms with Gasteiger partial charge in [0.25, 0.3) is 0 Å². The van der Waals surface area contributed by atoms with Crippen LogP contribution in [0.3, 0.4) is 0 Å². The molecule has 4 heteroatoms. The lowest BCUT2D eigenvalue weighted by molar-refractivity contribution is 0.379. The van der Waals surface area contributed by atoms with E-state index in [1.807, 2.05) is 0 Å². The fourth-order valence-electron chi connectivity index (χ4n) is 2.72. The van der Waals surface area contributed by atoms with Crippen LogP contribution < -0.4 is 5.32 Å². The summed E-state index contributed by atoms with van der Waals surface area (Å²) in [6.45, 7) is 8.61. The fourth-order valence-corrected chi connectivity index (χ4v) is 2.72. The molecule has 0 heterocycles. The van der Waals surface area contributed by atoms with Crippen LogP contribution in [0.2, 0.25) is 0 Å². The van der Waals surface area contributed by atoms with E-state index in [0.717, 1.165) is 32.4 Å². The maximum Gasteiger partial charge on any atom is 0.0628 e. The third-order valence-electron chi connectivity index (χ3n) is 3.67. The topological polar surface area (TPSA) is 60.8 Å². The molecule has 1 aromatic carbocycles. The Morgan fingerprint density at radius 2 is 2.20 bits per heavy atom. The zero-order valence-corrected chi connectivity index (χ0v) is 12.7. The van der Waals surface area contributed by atoms with E-state index >= 15 is 0 Å². The maximum absolute atomic E-state index is 8.64. The van der Waals surface area contributed by atoms with E-state index in [9.17, 15) is 0 Å².